The van der Waals surface area contributed by atoms with Gasteiger partial charge in [0, 0.05) is 18.8 Å². The average molecular weight is 425 g/mol. The van der Waals surface area contributed by atoms with E-state index in [-0.39, 0.29) is 25.2 Å². The number of aromatic nitrogens is 3. The van der Waals surface area contributed by atoms with Crippen LogP contribution in [-0.2, 0) is 19.1 Å². The van der Waals surface area contributed by atoms with Gasteiger partial charge in [0.1, 0.15) is 18.9 Å². The van der Waals surface area contributed by atoms with Crippen LogP contribution in [0.1, 0.15) is 38.3 Å². The highest BCUT2D eigenvalue weighted by Gasteiger charge is 2.38. The number of hydrogen-bond acceptors (Lipinski definition) is 7. The van der Waals surface area contributed by atoms with E-state index in [0.717, 1.165) is 25.0 Å². The van der Waals surface area contributed by atoms with E-state index in [1.807, 2.05) is 37.3 Å². The van der Waals surface area contributed by atoms with Gasteiger partial charge in [0.25, 0.3) is 0 Å². The number of hydrogen-bond donors (Lipinski definition) is 1. The minimum Gasteiger partial charge on any atom is -0.463 e. The first-order valence-corrected chi connectivity index (χ1v) is 10.6. The van der Waals surface area contributed by atoms with E-state index in [1.165, 1.54) is 6.33 Å². The van der Waals surface area contributed by atoms with Gasteiger partial charge in [-0.15, -0.1) is 0 Å². The number of amides is 1. The van der Waals surface area contributed by atoms with Crippen LogP contribution in [-0.4, -0.2) is 59.0 Å². The summed E-state index contributed by atoms with van der Waals surface area (Å²) in [6.45, 7) is 5.06. The van der Waals surface area contributed by atoms with Crippen molar-refractivity contribution in [1.29, 1.82) is 0 Å². The second-order valence-electron chi connectivity index (χ2n) is 7.56. The molecule has 3 heterocycles. The summed E-state index contributed by atoms with van der Waals surface area (Å²) in [5, 5.41) is 7.30. The predicted octanol–water partition coefficient (Wildman–Crippen LogP) is 1.82. The second kappa shape index (κ2) is 9.30. The Hall–Kier alpha value is -3.20. The summed E-state index contributed by atoms with van der Waals surface area (Å²) in [7, 11) is 0. The fourth-order valence-corrected chi connectivity index (χ4v) is 4.07. The molecule has 1 N–H and O–H groups in total. The molecule has 0 bridgehead atoms. The summed E-state index contributed by atoms with van der Waals surface area (Å²) < 4.78 is 12.6. The average Bonchev–Trinajstić information content (AvgIpc) is 3.46. The van der Waals surface area contributed by atoms with E-state index in [4.69, 9.17) is 9.47 Å². The summed E-state index contributed by atoms with van der Waals surface area (Å²) in [5.41, 5.74) is 1.96. The maximum absolute atomic E-state index is 13.0. The van der Waals surface area contributed by atoms with E-state index in [1.54, 1.807) is 16.5 Å². The number of allylic oxidation sites excluding steroid dienone is 1. The van der Waals surface area contributed by atoms with Crippen molar-refractivity contribution in [1.82, 2.24) is 20.1 Å². The van der Waals surface area contributed by atoms with Crippen LogP contribution in [0.25, 0.3) is 0 Å². The third-order valence-electron chi connectivity index (χ3n) is 5.57. The molecule has 164 valence electrons. The lowest BCUT2D eigenvalue weighted by molar-refractivity contribution is -0.139. The number of rotatable bonds is 7. The van der Waals surface area contributed by atoms with Crippen LogP contribution in [0, 0.1) is 0 Å². The first-order chi connectivity index (χ1) is 15.1. The molecule has 9 heteroatoms. The Labute approximate surface area is 181 Å². The first-order valence-electron chi connectivity index (χ1n) is 10.6. The minimum atomic E-state index is -0.482. The number of nitrogens with one attached hydrogen (secondary N) is 1. The van der Waals surface area contributed by atoms with Gasteiger partial charge in [-0.1, -0.05) is 30.3 Å². The lowest BCUT2D eigenvalue weighted by atomic mass is 9.95. The molecule has 0 aliphatic carbocycles. The van der Waals surface area contributed by atoms with Crippen molar-refractivity contribution < 1.29 is 19.1 Å². The number of anilines is 1. The molecule has 2 aliphatic heterocycles. The largest absolute Gasteiger partial charge is 0.463 e. The summed E-state index contributed by atoms with van der Waals surface area (Å²) in [6, 6.07) is 9.13. The molecule has 31 heavy (non-hydrogen) atoms. The van der Waals surface area contributed by atoms with Crippen LogP contribution in [0.15, 0.2) is 47.9 Å². The van der Waals surface area contributed by atoms with E-state index < -0.39 is 12.0 Å². The molecule has 0 spiro atoms. The van der Waals surface area contributed by atoms with Gasteiger partial charge in [-0.3, -0.25) is 4.79 Å². The zero-order chi connectivity index (χ0) is 21.8. The number of esters is 1. The molecule has 1 aromatic carbocycles. The number of fused-ring (bicyclic) bond motifs is 1. The summed E-state index contributed by atoms with van der Waals surface area (Å²) in [6.07, 6.45) is 3.46. The van der Waals surface area contributed by atoms with Gasteiger partial charge in [0.05, 0.1) is 18.3 Å². The summed E-state index contributed by atoms with van der Waals surface area (Å²) >= 11 is 0. The topological polar surface area (TPSA) is 98.6 Å². The molecule has 2 aromatic rings. The second-order valence-corrected chi connectivity index (χ2v) is 7.56. The highest BCUT2D eigenvalue weighted by atomic mass is 16.5. The van der Waals surface area contributed by atoms with Crippen LogP contribution in [0.4, 0.5) is 5.95 Å². The van der Waals surface area contributed by atoms with Crippen molar-refractivity contribution in [3.8, 4) is 0 Å². The monoisotopic (exact) mass is 425 g/mol. The highest BCUT2D eigenvalue weighted by Crippen LogP contribution is 2.38. The van der Waals surface area contributed by atoms with Crippen molar-refractivity contribution >= 4 is 17.8 Å². The molecule has 2 aliphatic rings. The molecule has 1 fully saturated rings. The third kappa shape index (κ3) is 4.32. The zero-order valence-electron chi connectivity index (χ0n) is 17.8. The van der Waals surface area contributed by atoms with Crippen molar-refractivity contribution in [2.24, 2.45) is 0 Å². The Bertz CT molecular complexity index is 965. The number of carbonyl (C=O) groups excluding carboxylic acids is 2. The molecule has 1 amide bonds. The van der Waals surface area contributed by atoms with Crippen molar-refractivity contribution in [3.05, 3.63) is 53.5 Å². The summed E-state index contributed by atoms with van der Waals surface area (Å²) in [5.74, 6) is -0.0998. The first kappa shape index (κ1) is 21.0. The molecule has 0 radical (unpaired) electrons. The van der Waals surface area contributed by atoms with Crippen LogP contribution >= 0.6 is 0 Å². The molecule has 1 aromatic heterocycles. The Kier molecular flexibility index (Phi) is 6.31. The minimum absolute atomic E-state index is 0.0155. The van der Waals surface area contributed by atoms with Crippen LogP contribution in [0.3, 0.4) is 0 Å². The fraction of sp³-hybridized carbons (Fsp3) is 0.455. The molecular weight excluding hydrogens is 398 g/mol. The third-order valence-corrected chi connectivity index (χ3v) is 5.57. The Morgan fingerprint density at radius 3 is 2.81 bits per heavy atom. The van der Waals surface area contributed by atoms with Crippen molar-refractivity contribution in [2.75, 3.05) is 31.2 Å². The van der Waals surface area contributed by atoms with Gasteiger partial charge in [-0.05, 0) is 32.3 Å². The highest BCUT2D eigenvalue weighted by molar-refractivity contribution is 5.93. The van der Waals surface area contributed by atoms with Gasteiger partial charge in [-0.25, -0.2) is 9.48 Å². The van der Waals surface area contributed by atoms with Gasteiger partial charge in [0.15, 0.2) is 0 Å². The van der Waals surface area contributed by atoms with Crippen LogP contribution in [0.5, 0.6) is 0 Å². The number of nitrogens with zero attached hydrogens (tertiary/aromatic N) is 4. The lowest BCUT2D eigenvalue weighted by Gasteiger charge is -2.35. The SMILES string of the molecule is CCOC(=O)C1=C(C)N(CC(=O)NC[C@H]2CCCO2)c2ncnn2[C@H]1c1ccccc1. The lowest BCUT2D eigenvalue weighted by Crippen LogP contribution is -2.44. The molecule has 4 rings (SSSR count). The molecule has 0 unspecified atom stereocenters. The fourth-order valence-electron chi connectivity index (χ4n) is 4.07. The molecular formula is C22H27N5O4. The maximum atomic E-state index is 13.0. The van der Waals surface area contributed by atoms with E-state index >= 15 is 0 Å². The van der Waals surface area contributed by atoms with E-state index in [0.29, 0.717) is 23.8 Å². The Morgan fingerprint density at radius 2 is 2.10 bits per heavy atom. The Balaban J connectivity index is 1.65. The van der Waals surface area contributed by atoms with Crippen molar-refractivity contribution in [2.45, 2.75) is 38.8 Å². The molecule has 9 nitrogen and oxygen atoms in total. The zero-order valence-corrected chi connectivity index (χ0v) is 17.8. The van der Waals surface area contributed by atoms with E-state index in [2.05, 4.69) is 15.4 Å². The van der Waals surface area contributed by atoms with Gasteiger partial charge >= 0.3 is 5.97 Å². The van der Waals surface area contributed by atoms with Gasteiger partial charge < -0.3 is 19.7 Å². The van der Waals surface area contributed by atoms with Crippen LogP contribution < -0.4 is 10.2 Å². The van der Waals surface area contributed by atoms with E-state index in [9.17, 15) is 9.59 Å². The van der Waals surface area contributed by atoms with Gasteiger partial charge in [0.2, 0.25) is 11.9 Å². The molecule has 2 atom stereocenters. The van der Waals surface area contributed by atoms with Crippen molar-refractivity contribution in [3.63, 3.8) is 0 Å². The Morgan fingerprint density at radius 1 is 1.29 bits per heavy atom. The normalized spacial score (nSPS) is 20.5. The number of ether oxygens (including phenoxy) is 2. The smallest absolute Gasteiger partial charge is 0.338 e. The molecule has 1 saturated heterocycles. The standard InChI is InChI=1S/C22H27N5O4/c1-3-30-21(29)19-15(2)26(13-18(28)23-12-17-10-7-11-31-17)22-24-14-25-27(22)20(19)16-8-5-4-6-9-16/h4-6,8-9,14,17,20H,3,7,10-13H2,1-2H3,(H,23,28)/t17-,20+/m1/s1. The predicted molar refractivity (Wildman–Crippen MR) is 113 cm³/mol. The number of carbonyl (C=O) groups is 2. The molecule has 0 saturated carbocycles. The number of benzene rings is 1. The quantitative estimate of drug-likeness (QED) is 0.676. The summed E-state index contributed by atoms with van der Waals surface area (Å²) in [4.78, 5) is 31.8. The maximum Gasteiger partial charge on any atom is 0.338 e. The van der Waals surface area contributed by atoms with Crippen LogP contribution in [0.2, 0.25) is 0 Å². The van der Waals surface area contributed by atoms with Gasteiger partial charge in [-0.2, -0.15) is 10.1 Å².